The van der Waals surface area contributed by atoms with Crippen molar-refractivity contribution in [3.8, 4) is 11.5 Å². The van der Waals surface area contributed by atoms with Gasteiger partial charge >= 0.3 is 0 Å². The van der Waals surface area contributed by atoms with Crippen LogP contribution in [0.2, 0.25) is 0 Å². The Bertz CT molecular complexity index is 618. The minimum atomic E-state index is -0.153. The Morgan fingerprint density at radius 1 is 1.04 bits per heavy atom. The number of hydrogen-bond acceptors (Lipinski definition) is 4. The lowest BCUT2D eigenvalue weighted by molar-refractivity contribution is -0.123. The first-order valence-electron chi connectivity index (χ1n) is 8.05. The van der Waals surface area contributed by atoms with E-state index >= 15 is 0 Å². The van der Waals surface area contributed by atoms with Crippen LogP contribution >= 0.6 is 12.4 Å². The van der Waals surface area contributed by atoms with E-state index in [2.05, 4.69) is 5.32 Å². The fourth-order valence-electron chi connectivity index (χ4n) is 2.01. The first-order chi connectivity index (χ1) is 11.6. The Hall–Kier alpha value is -2.24. The molecule has 6 heteroatoms. The molecule has 2 rings (SSSR count). The molecule has 3 N–H and O–H groups in total. The Labute approximate surface area is 154 Å². The Morgan fingerprint density at radius 3 is 2.24 bits per heavy atom. The van der Waals surface area contributed by atoms with Crippen molar-refractivity contribution in [3.63, 3.8) is 0 Å². The number of ether oxygens (including phenoxy) is 2. The third kappa shape index (κ3) is 8.42. The number of nitrogens with two attached hydrogens (primary N) is 1. The van der Waals surface area contributed by atoms with Crippen molar-refractivity contribution in [2.45, 2.75) is 26.0 Å². The molecule has 0 aliphatic heterocycles. The lowest BCUT2D eigenvalue weighted by atomic mass is 10.2. The molecule has 2 aromatic rings. The normalized spacial score (nSPS) is 11.1. The number of rotatable bonds is 9. The van der Waals surface area contributed by atoms with E-state index in [1.807, 2.05) is 49.4 Å². The zero-order valence-electron chi connectivity index (χ0n) is 14.3. The number of benzene rings is 2. The van der Waals surface area contributed by atoms with Crippen molar-refractivity contribution in [3.05, 3.63) is 60.2 Å². The highest BCUT2D eigenvalue weighted by molar-refractivity contribution is 5.85. The summed E-state index contributed by atoms with van der Waals surface area (Å²) in [6.07, 6.45) is 0.749. The summed E-state index contributed by atoms with van der Waals surface area (Å²) in [5, 5.41) is 2.77. The number of hydrogen-bond donors (Lipinski definition) is 2. The van der Waals surface area contributed by atoms with Crippen LogP contribution < -0.4 is 20.5 Å². The van der Waals surface area contributed by atoms with Gasteiger partial charge in [-0.25, -0.2) is 0 Å². The molecule has 0 aromatic heterocycles. The second kappa shape index (κ2) is 11.3. The molecule has 0 radical (unpaired) electrons. The van der Waals surface area contributed by atoms with E-state index in [9.17, 15) is 4.79 Å². The third-order valence-corrected chi connectivity index (χ3v) is 3.36. The van der Waals surface area contributed by atoms with E-state index in [-0.39, 0.29) is 31.0 Å². The molecule has 0 bridgehead atoms. The fraction of sp³-hybridized carbons (Fsp3) is 0.316. The first kappa shape index (κ1) is 20.8. The molecule has 0 heterocycles. The highest BCUT2D eigenvalue weighted by Crippen LogP contribution is 2.18. The van der Waals surface area contributed by atoms with E-state index in [0.717, 1.165) is 17.7 Å². The second-order valence-electron chi connectivity index (χ2n) is 5.65. The molecular formula is C19H25ClN2O3. The van der Waals surface area contributed by atoms with Crippen LogP contribution in [0.15, 0.2) is 54.6 Å². The predicted molar refractivity (Wildman–Crippen MR) is 101 cm³/mol. The molecule has 0 saturated carbocycles. The van der Waals surface area contributed by atoms with Gasteiger partial charge in [0.25, 0.3) is 5.91 Å². The summed E-state index contributed by atoms with van der Waals surface area (Å²) in [6, 6.07) is 17.3. The minimum Gasteiger partial charge on any atom is -0.489 e. The number of carbonyl (C=O) groups excluding carboxylic acids is 1. The Kier molecular flexibility index (Phi) is 9.43. The predicted octanol–water partition coefficient (Wildman–Crippen LogP) is 2.92. The van der Waals surface area contributed by atoms with Gasteiger partial charge in [-0.2, -0.15) is 0 Å². The van der Waals surface area contributed by atoms with E-state index in [4.69, 9.17) is 15.2 Å². The molecule has 1 amide bonds. The van der Waals surface area contributed by atoms with E-state index in [1.54, 1.807) is 12.1 Å². The van der Waals surface area contributed by atoms with Gasteiger partial charge < -0.3 is 20.5 Å². The second-order valence-corrected chi connectivity index (χ2v) is 5.65. The maximum Gasteiger partial charge on any atom is 0.257 e. The summed E-state index contributed by atoms with van der Waals surface area (Å²) in [7, 11) is 0. The molecule has 2 aromatic carbocycles. The monoisotopic (exact) mass is 364 g/mol. The zero-order valence-corrected chi connectivity index (χ0v) is 15.1. The van der Waals surface area contributed by atoms with Gasteiger partial charge in [0.15, 0.2) is 6.61 Å². The van der Waals surface area contributed by atoms with Crippen molar-refractivity contribution in [1.29, 1.82) is 0 Å². The van der Waals surface area contributed by atoms with Crippen LogP contribution in [0.4, 0.5) is 0 Å². The van der Waals surface area contributed by atoms with Crippen LogP contribution in [0.5, 0.6) is 11.5 Å². The standard InChI is InChI=1S/C19H24N2O3.ClH/c1-15(20)11-12-21-19(22)14-24-18-9-7-17(8-10-18)23-13-16-5-3-2-4-6-16;/h2-10,15H,11-14,20H2,1H3,(H,21,22);1H. The number of nitrogens with one attached hydrogen (secondary N) is 1. The van der Waals surface area contributed by atoms with Gasteiger partial charge in [-0.1, -0.05) is 30.3 Å². The summed E-state index contributed by atoms with van der Waals surface area (Å²) >= 11 is 0. The maximum absolute atomic E-state index is 11.6. The van der Waals surface area contributed by atoms with Gasteiger partial charge in [0.2, 0.25) is 0 Å². The average molecular weight is 365 g/mol. The minimum absolute atomic E-state index is 0. The number of halogens is 1. The largest absolute Gasteiger partial charge is 0.489 e. The molecule has 1 unspecified atom stereocenters. The summed E-state index contributed by atoms with van der Waals surface area (Å²) in [6.45, 7) is 2.97. The van der Waals surface area contributed by atoms with Crippen molar-refractivity contribution >= 4 is 18.3 Å². The summed E-state index contributed by atoms with van der Waals surface area (Å²) in [5.74, 6) is 1.23. The van der Waals surface area contributed by atoms with Crippen LogP contribution in [0.25, 0.3) is 0 Å². The van der Waals surface area contributed by atoms with Crippen molar-refractivity contribution < 1.29 is 14.3 Å². The smallest absolute Gasteiger partial charge is 0.257 e. The molecule has 0 aliphatic carbocycles. The van der Waals surface area contributed by atoms with Crippen LogP contribution in [0.3, 0.4) is 0 Å². The molecule has 0 fully saturated rings. The molecular weight excluding hydrogens is 340 g/mol. The molecule has 0 saturated heterocycles. The van der Waals surface area contributed by atoms with Gasteiger partial charge in [-0.3, -0.25) is 4.79 Å². The summed E-state index contributed by atoms with van der Waals surface area (Å²) in [4.78, 5) is 11.6. The van der Waals surface area contributed by atoms with Crippen molar-refractivity contribution in [2.75, 3.05) is 13.2 Å². The highest BCUT2D eigenvalue weighted by Gasteiger charge is 2.03. The quantitative estimate of drug-likeness (QED) is 0.717. The van der Waals surface area contributed by atoms with Crippen LogP contribution in [0, 0.1) is 0 Å². The number of amides is 1. The van der Waals surface area contributed by atoms with Gasteiger partial charge in [0.1, 0.15) is 18.1 Å². The molecule has 5 nitrogen and oxygen atoms in total. The molecule has 0 aliphatic rings. The fourth-order valence-corrected chi connectivity index (χ4v) is 2.01. The molecule has 1 atom stereocenters. The van der Waals surface area contributed by atoms with Gasteiger partial charge in [-0.05, 0) is 43.2 Å². The van der Waals surface area contributed by atoms with E-state index < -0.39 is 0 Å². The van der Waals surface area contributed by atoms with Crippen molar-refractivity contribution in [1.82, 2.24) is 5.32 Å². The van der Waals surface area contributed by atoms with Crippen LogP contribution in [-0.4, -0.2) is 25.1 Å². The SMILES string of the molecule is CC(N)CCNC(=O)COc1ccc(OCc2ccccc2)cc1.Cl. The van der Waals surface area contributed by atoms with Gasteiger partial charge in [0, 0.05) is 12.6 Å². The zero-order chi connectivity index (χ0) is 17.2. The van der Waals surface area contributed by atoms with Gasteiger partial charge in [-0.15, -0.1) is 12.4 Å². The lowest BCUT2D eigenvalue weighted by Crippen LogP contribution is -2.32. The van der Waals surface area contributed by atoms with E-state index in [1.165, 1.54) is 0 Å². The van der Waals surface area contributed by atoms with Crippen LogP contribution in [-0.2, 0) is 11.4 Å². The topological polar surface area (TPSA) is 73.6 Å². The average Bonchev–Trinajstić information content (AvgIpc) is 2.59. The van der Waals surface area contributed by atoms with Gasteiger partial charge in [0.05, 0.1) is 0 Å². The summed E-state index contributed by atoms with van der Waals surface area (Å²) < 4.78 is 11.1. The summed E-state index contributed by atoms with van der Waals surface area (Å²) in [5.41, 5.74) is 6.74. The molecule has 0 spiro atoms. The molecule has 136 valence electrons. The van der Waals surface area contributed by atoms with Crippen molar-refractivity contribution in [2.24, 2.45) is 5.73 Å². The van der Waals surface area contributed by atoms with E-state index in [0.29, 0.717) is 18.9 Å². The first-order valence-corrected chi connectivity index (χ1v) is 8.05. The number of carbonyl (C=O) groups is 1. The Balaban J connectivity index is 0.00000312. The highest BCUT2D eigenvalue weighted by atomic mass is 35.5. The lowest BCUT2D eigenvalue weighted by Gasteiger charge is -2.10. The molecule has 25 heavy (non-hydrogen) atoms. The Morgan fingerprint density at radius 2 is 1.64 bits per heavy atom. The maximum atomic E-state index is 11.6. The van der Waals surface area contributed by atoms with Crippen LogP contribution in [0.1, 0.15) is 18.9 Å². The third-order valence-electron chi connectivity index (χ3n) is 3.36.